The Balaban J connectivity index is 2.71. The second kappa shape index (κ2) is 6.30. The van der Waals surface area contributed by atoms with Gasteiger partial charge >= 0.3 is 6.03 Å². The molecule has 1 aromatic carbocycles. The first-order valence-corrected chi connectivity index (χ1v) is 4.91. The number of nitriles is 1. The Kier molecular flexibility index (Phi) is 4.67. The average molecular weight is 219 g/mol. The van der Waals surface area contributed by atoms with Crippen LogP contribution < -0.4 is 15.4 Å². The van der Waals surface area contributed by atoms with Gasteiger partial charge in [-0.05, 0) is 19.1 Å². The summed E-state index contributed by atoms with van der Waals surface area (Å²) in [7, 11) is 0. The Morgan fingerprint density at radius 2 is 2.25 bits per heavy atom. The van der Waals surface area contributed by atoms with Crippen molar-refractivity contribution >= 4 is 11.7 Å². The fourth-order valence-corrected chi connectivity index (χ4v) is 1.13. The maximum absolute atomic E-state index is 11.3. The third kappa shape index (κ3) is 3.50. The molecule has 0 heterocycles. The number of ether oxygens (including phenoxy) is 1. The van der Waals surface area contributed by atoms with Crippen LogP contribution in [-0.4, -0.2) is 19.2 Å². The van der Waals surface area contributed by atoms with E-state index < -0.39 is 0 Å². The molecule has 0 saturated carbocycles. The molecule has 0 spiro atoms. The zero-order chi connectivity index (χ0) is 11.8. The van der Waals surface area contributed by atoms with Gasteiger partial charge in [-0.3, -0.25) is 0 Å². The fraction of sp³-hybridized carbons (Fsp3) is 0.273. The first-order valence-electron chi connectivity index (χ1n) is 4.91. The summed E-state index contributed by atoms with van der Waals surface area (Å²) in [6.45, 7) is 2.33. The number of nitrogens with zero attached hydrogens (tertiary/aromatic N) is 1. The lowest BCUT2D eigenvalue weighted by molar-refractivity contribution is 0.252. The molecule has 2 amide bonds. The van der Waals surface area contributed by atoms with Crippen molar-refractivity contribution in [3.05, 3.63) is 24.3 Å². The number of carbonyl (C=O) groups is 1. The van der Waals surface area contributed by atoms with Crippen LogP contribution in [0.15, 0.2) is 24.3 Å². The molecule has 0 unspecified atom stereocenters. The zero-order valence-electron chi connectivity index (χ0n) is 8.99. The second-order valence-corrected chi connectivity index (χ2v) is 2.93. The van der Waals surface area contributed by atoms with E-state index in [9.17, 15) is 4.79 Å². The van der Waals surface area contributed by atoms with Crippen molar-refractivity contribution in [2.75, 3.05) is 18.5 Å². The zero-order valence-corrected chi connectivity index (χ0v) is 8.99. The molecule has 16 heavy (non-hydrogen) atoms. The molecule has 0 bridgehead atoms. The first kappa shape index (κ1) is 11.9. The van der Waals surface area contributed by atoms with E-state index in [0.717, 1.165) is 0 Å². The molecule has 1 rings (SSSR count). The number of benzene rings is 1. The fourth-order valence-electron chi connectivity index (χ4n) is 1.13. The van der Waals surface area contributed by atoms with Gasteiger partial charge in [-0.25, -0.2) is 4.79 Å². The van der Waals surface area contributed by atoms with Gasteiger partial charge in [0.15, 0.2) is 6.61 Å². The summed E-state index contributed by atoms with van der Waals surface area (Å²) in [6.07, 6.45) is 0. The van der Waals surface area contributed by atoms with E-state index in [0.29, 0.717) is 18.0 Å². The molecule has 0 radical (unpaired) electrons. The van der Waals surface area contributed by atoms with E-state index in [1.807, 2.05) is 13.0 Å². The number of anilines is 1. The smallest absolute Gasteiger partial charge is 0.319 e. The van der Waals surface area contributed by atoms with Gasteiger partial charge < -0.3 is 15.4 Å². The van der Waals surface area contributed by atoms with Crippen molar-refractivity contribution in [3.63, 3.8) is 0 Å². The molecular weight excluding hydrogens is 206 g/mol. The summed E-state index contributed by atoms with van der Waals surface area (Å²) in [5, 5.41) is 13.7. The van der Waals surface area contributed by atoms with Crippen LogP contribution in [0.1, 0.15) is 6.92 Å². The van der Waals surface area contributed by atoms with Crippen LogP contribution in [0.25, 0.3) is 0 Å². The summed E-state index contributed by atoms with van der Waals surface area (Å²) >= 11 is 0. The van der Waals surface area contributed by atoms with E-state index in [-0.39, 0.29) is 12.6 Å². The maximum atomic E-state index is 11.3. The van der Waals surface area contributed by atoms with E-state index in [1.54, 1.807) is 24.3 Å². The Morgan fingerprint density at radius 3 is 2.94 bits per heavy atom. The second-order valence-electron chi connectivity index (χ2n) is 2.93. The number of carbonyl (C=O) groups excluding carboxylic acids is 1. The third-order valence-corrected chi connectivity index (χ3v) is 1.76. The minimum atomic E-state index is -0.296. The van der Waals surface area contributed by atoms with Crippen molar-refractivity contribution in [2.24, 2.45) is 0 Å². The van der Waals surface area contributed by atoms with Crippen molar-refractivity contribution in [3.8, 4) is 11.8 Å². The molecule has 1 aromatic rings. The quantitative estimate of drug-likeness (QED) is 0.809. The van der Waals surface area contributed by atoms with Crippen molar-refractivity contribution in [2.45, 2.75) is 6.92 Å². The number of hydrogen-bond donors (Lipinski definition) is 2. The van der Waals surface area contributed by atoms with Crippen molar-refractivity contribution in [1.82, 2.24) is 5.32 Å². The maximum Gasteiger partial charge on any atom is 0.319 e. The van der Waals surface area contributed by atoms with Crippen LogP contribution >= 0.6 is 0 Å². The average Bonchev–Trinajstić information content (AvgIpc) is 2.28. The van der Waals surface area contributed by atoms with E-state index in [4.69, 9.17) is 10.00 Å². The van der Waals surface area contributed by atoms with Crippen LogP contribution in [0.2, 0.25) is 0 Å². The lowest BCUT2D eigenvalue weighted by atomic mass is 10.3. The largest absolute Gasteiger partial charge is 0.477 e. The standard InChI is InChI=1S/C11H13N3O2/c1-2-13-11(15)14-9-5-3-4-6-10(9)16-8-7-12/h3-6H,2,8H2,1H3,(H2,13,14,15). The topological polar surface area (TPSA) is 74.2 Å². The molecule has 2 N–H and O–H groups in total. The molecule has 0 aliphatic heterocycles. The Labute approximate surface area is 94.0 Å². The number of amides is 2. The van der Waals surface area contributed by atoms with Crippen molar-refractivity contribution < 1.29 is 9.53 Å². The molecule has 0 aromatic heterocycles. The van der Waals surface area contributed by atoms with E-state index in [2.05, 4.69) is 10.6 Å². The first-order chi connectivity index (χ1) is 7.77. The number of rotatable bonds is 4. The Morgan fingerprint density at radius 1 is 1.50 bits per heavy atom. The summed E-state index contributed by atoms with van der Waals surface area (Å²) in [5.41, 5.74) is 0.545. The summed E-state index contributed by atoms with van der Waals surface area (Å²) in [5.74, 6) is 0.482. The highest BCUT2D eigenvalue weighted by atomic mass is 16.5. The minimum absolute atomic E-state index is 0.0475. The Bertz CT molecular complexity index is 398. The van der Waals surface area contributed by atoms with Crippen LogP contribution in [0, 0.1) is 11.3 Å². The predicted octanol–water partition coefficient (Wildman–Crippen LogP) is 1.73. The minimum Gasteiger partial charge on any atom is -0.477 e. The monoisotopic (exact) mass is 219 g/mol. The number of hydrogen-bond acceptors (Lipinski definition) is 3. The number of nitrogens with one attached hydrogen (secondary N) is 2. The van der Waals surface area contributed by atoms with Gasteiger partial charge in [0.25, 0.3) is 0 Å². The van der Waals surface area contributed by atoms with Gasteiger partial charge in [-0.2, -0.15) is 5.26 Å². The van der Waals surface area contributed by atoms with Gasteiger partial charge in [0, 0.05) is 6.54 Å². The number of urea groups is 1. The molecule has 5 nitrogen and oxygen atoms in total. The highest BCUT2D eigenvalue weighted by molar-refractivity contribution is 5.90. The van der Waals surface area contributed by atoms with Crippen LogP contribution in [0.4, 0.5) is 10.5 Å². The molecule has 0 fully saturated rings. The normalized spacial score (nSPS) is 9.00. The lowest BCUT2D eigenvalue weighted by Crippen LogP contribution is -2.28. The summed E-state index contributed by atoms with van der Waals surface area (Å²) in [4.78, 5) is 11.3. The van der Waals surface area contributed by atoms with Crippen LogP contribution in [0.3, 0.4) is 0 Å². The van der Waals surface area contributed by atoms with Gasteiger partial charge in [-0.15, -0.1) is 0 Å². The Hall–Kier alpha value is -2.22. The summed E-state index contributed by atoms with van der Waals surface area (Å²) in [6, 6.07) is 8.53. The van der Waals surface area contributed by atoms with Crippen molar-refractivity contribution in [1.29, 1.82) is 5.26 Å². The predicted molar refractivity (Wildman–Crippen MR) is 60.2 cm³/mol. The molecule has 0 saturated heterocycles. The van der Waals surface area contributed by atoms with Gasteiger partial charge in [-0.1, -0.05) is 12.1 Å². The van der Waals surface area contributed by atoms with E-state index in [1.165, 1.54) is 0 Å². The molecule has 5 heteroatoms. The van der Waals surface area contributed by atoms with Gasteiger partial charge in [0.2, 0.25) is 0 Å². The molecular formula is C11H13N3O2. The van der Waals surface area contributed by atoms with Gasteiger partial charge in [0.05, 0.1) is 5.69 Å². The van der Waals surface area contributed by atoms with Crippen LogP contribution in [0.5, 0.6) is 5.75 Å². The molecule has 0 aliphatic carbocycles. The third-order valence-electron chi connectivity index (χ3n) is 1.76. The lowest BCUT2D eigenvalue weighted by Gasteiger charge is -2.10. The van der Waals surface area contributed by atoms with Gasteiger partial charge in [0.1, 0.15) is 11.8 Å². The number of para-hydroxylation sites is 2. The van der Waals surface area contributed by atoms with E-state index >= 15 is 0 Å². The molecule has 0 aliphatic rings. The molecule has 84 valence electrons. The highest BCUT2D eigenvalue weighted by Crippen LogP contribution is 2.23. The summed E-state index contributed by atoms with van der Waals surface area (Å²) < 4.78 is 5.16. The SMILES string of the molecule is CCNC(=O)Nc1ccccc1OCC#N. The highest BCUT2D eigenvalue weighted by Gasteiger charge is 2.05. The molecule has 0 atom stereocenters. The van der Waals surface area contributed by atoms with Crippen LogP contribution in [-0.2, 0) is 0 Å².